The average molecular weight is 306 g/mol. The molecule has 0 spiro atoms. The van der Waals surface area contributed by atoms with Crippen molar-refractivity contribution in [1.82, 2.24) is 10.2 Å². The number of carboxylic acid groups (broad SMARTS) is 1. The molecule has 0 saturated heterocycles. The zero-order chi connectivity index (χ0) is 16.9. The van der Waals surface area contributed by atoms with Gasteiger partial charge in [-0.3, -0.25) is 4.79 Å². The molecule has 0 aliphatic heterocycles. The Morgan fingerprint density at radius 1 is 1.23 bits per heavy atom. The summed E-state index contributed by atoms with van der Waals surface area (Å²) in [6.07, 6.45) is -0.0570. The summed E-state index contributed by atoms with van der Waals surface area (Å²) in [5, 5.41) is 11.5. The Kier molecular flexibility index (Phi) is 5.97. The number of benzene rings is 1. The Bertz CT molecular complexity index is 518. The lowest BCUT2D eigenvalue weighted by Gasteiger charge is -2.23. The predicted molar refractivity (Wildman–Crippen MR) is 87.0 cm³/mol. The molecule has 122 valence electrons. The van der Waals surface area contributed by atoms with E-state index >= 15 is 0 Å². The number of hydrogen-bond acceptors (Lipinski definition) is 2. The number of carbonyl (C=O) groups excluding carboxylic acids is 1. The topological polar surface area (TPSA) is 69.6 Å². The highest BCUT2D eigenvalue weighted by atomic mass is 16.4. The maximum atomic E-state index is 12.0. The van der Waals surface area contributed by atoms with E-state index in [2.05, 4.69) is 38.2 Å². The fourth-order valence-electron chi connectivity index (χ4n) is 2.02. The predicted octanol–water partition coefficient (Wildman–Crippen LogP) is 3.16. The second-order valence-corrected chi connectivity index (χ2v) is 6.61. The molecule has 2 N–H and O–H groups in total. The molecule has 1 aromatic rings. The van der Waals surface area contributed by atoms with Crippen molar-refractivity contribution in [3.63, 3.8) is 0 Å². The number of urea groups is 1. The van der Waals surface area contributed by atoms with Gasteiger partial charge in [0.2, 0.25) is 0 Å². The molecule has 0 bridgehead atoms. The zero-order valence-corrected chi connectivity index (χ0v) is 14.0. The van der Waals surface area contributed by atoms with Crippen molar-refractivity contribution >= 4 is 12.0 Å². The molecule has 1 unspecified atom stereocenters. The van der Waals surface area contributed by atoms with E-state index < -0.39 is 5.97 Å². The first kappa shape index (κ1) is 18.0. The monoisotopic (exact) mass is 306 g/mol. The Hall–Kier alpha value is -2.04. The van der Waals surface area contributed by atoms with Gasteiger partial charge < -0.3 is 15.3 Å². The second-order valence-electron chi connectivity index (χ2n) is 6.61. The Morgan fingerprint density at radius 3 is 2.23 bits per heavy atom. The Balaban J connectivity index is 2.63. The lowest BCUT2D eigenvalue weighted by Crippen LogP contribution is -2.39. The summed E-state index contributed by atoms with van der Waals surface area (Å²) in [4.78, 5) is 23.9. The van der Waals surface area contributed by atoms with Crippen LogP contribution in [-0.4, -0.2) is 35.6 Å². The third-order valence-electron chi connectivity index (χ3n) is 3.62. The molecule has 0 saturated carbocycles. The third kappa shape index (κ3) is 5.39. The standard InChI is InChI=1S/C17H26N2O3/c1-12(18-16(22)19(5)11-10-15(20)21)13-6-8-14(9-7-13)17(2,3)4/h6-9,12H,10-11H2,1-5H3,(H,18,22)(H,20,21). The first-order valence-electron chi connectivity index (χ1n) is 7.45. The Labute approximate surface area is 132 Å². The van der Waals surface area contributed by atoms with E-state index in [-0.39, 0.29) is 30.5 Å². The van der Waals surface area contributed by atoms with Gasteiger partial charge >= 0.3 is 12.0 Å². The first-order chi connectivity index (χ1) is 10.1. The van der Waals surface area contributed by atoms with Crippen LogP contribution in [-0.2, 0) is 10.2 Å². The lowest BCUT2D eigenvalue weighted by molar-refractivity contribution is -0.137. The quantitative estimate of drug-likeness (QED) is 0.878. The zero-order valence-electron chi connectivity index (χ0n) is 14.0. The highest BCUT2D eigenvalue weighted by molar-refractivity contribution is 5.75. The molecule has 1 aromatic carbocycles. The van der Waals surface area contributed by atoms with E-state index in [1.54, 1.807) is 7.05 Å². The summed E-state index contributed by atoms with van der Waals surface area (Å²) in [7, 11) is 1.59. The summed E-state index contributed by atoms with van der Waals surface area (Å²) < 4.78 is 0. The lowest BCUT2D eigenvalue weighted by atomic mass is 9.86. The van der Waals surface area contributed by atoms with Crippen molar-refractivity contribution in [1.29, 1.82) is 0 Å². The van der Waals surface area contributed by atoms with E-state index in [1.165, 1.54) is 10.5 Å². The SMILES string of the molecule is CC(NC(=O)N(C)CCC(=O)O)c1ccc(C(C)(C)C)cc1. The van der Waals surface area contributed by atoms with Crippen LogP contribution in [0.15, 0.2) is 24.3 Å². The van der Waals surface area contributed by atoms with Gasteiger partial charge in [0.05, 0.1) is 12.5 Å². The van der Waals surface area contributed by atoms with Gasteiger partial charge in [-0.25, -0.2) is 4.79 Å². The number of nitrogens with one attached hydrogen (secondary N) is 1. The minimum atomic E-state index is -0.912. The Morgan fingerprint density at radius 2 is 1.77 bits per heavy atom. The van der Waals surface area contributed by atoms with Gasteiger partial charge in [0.1, 0.15) is 0 Å². The van der Waals surface area contributed by atoms with Gasteiger partial charge in [-0.05, 0) is 23.5 Å². The van der Waals surface area contributed by atoms with E-state index in [9.17, 15) is 9.59 Å². The number of amides is 2. The maximum Gasteiger partial charge on any atom is 0.317 e. The van der Waals surface area contributed by atoms with Crippen LogP contribution in [0.25, 0.3) is 0 Å². The van der Waals surface area contributed by atoms with Gasteiger partial charge in [0.25, 0.3) is 0 Å². The van der Waals surface area contributed by atoms with Gasteiger partial charge in [-0.1, -0.05) is 45.0 Å². The van der Waals surface area contributed by atoms with Crippen LogP contribution in [0.4, 0.5) is 4.79 Å². The molecular weight excluding hydrogens is 280 g/mol. The van der Waals surface area contributed by atoms with Gasteiger partial charge in [-0.15, -0.1) is 0 Å². The third-order valence-corrected chi connectivity index (χ3v) is 3.62. The summed E-state index contributed by atoms with van der Waals surface area (Å²) in [5.41, 5.74) is 2.36. The van der Waals surface area contributed by atoms with Crippen LogP contribution in [0.3, 0.4) is 0 Å². The van der Waals surface area contributed by atoms with E-state index in [0.29, 0.717) is 0 Å². The van der Waals surface area contributed by atoms with Crippen molar-refractivity contribution in [2.45, 2.75) is 45.6 Å². The van der Waals surface area contributed by atoms with Crippen LogP contribution in [0.2, 0.25) is 0 Å². The van der Waals surface area contributed by atoms with Crippen molar-refractivity contribution in [3.05, 3.63) is 35.4 Å². The van der Waals surface area contributed by atoms with Gasteiger partial charge in [0, 0.05) is 13.6 Å². The van der Waals surface area contributed by atoms with Crippen LogP contribution >= 0.6 is 0 Å². The molecule has 1 rings (SSSR count). The molecular formula is C17H26N2O3. The number of rotatable bonds is 5. The highest BCUT2D eigenvalue weighted by Crippen LogP contribution is 2.23. The molecule has 22 heavy (non-hydrogen) atoms. The van der Waals surface area contributed by atoms with Crippen molar-refractivity contribution in [2.75, 3.05) is 13.6 Å². The highest BCUT2D eigenvalue weighted by Gasteiger charge is 2.16. The molecule has 0 aromatic heterocycles. The summed E-state index contributed by atoms with van der Waals surface area (Å²) in [6.45, 7) is 8.58. The number of hydrogen-bond donors (Lipinski definition) is 2. The molecule has 0 radical (unpaired) electrons. The van der Waals surface area contributed by atoms with E-state index in [4.69, 9.17) is 5.11 Å². The molecule has 1 atom stereocenters. The van der Waals surface area contributed by atoms with E-state index in [0.717, 1.165) is 5.56 Å². The fraction of sp³-hybridized carbons (Fsp3) is 0.529. The van der Waals surface area contributed by atoms with Crippen molar-refractivity contribution in [2.24, 2.45) is 0 Å². The summed E-state index contributed by atoms with van der Waals surface area (Å²) in [6, 6.07) is 7.78. The molecule has 0 heterocycles. The normalized spacial score (nSPS) is 12.6. The molecule has 0 aliphatic rings. The first-order valence-corrected chi connectivity index (χ1v) is 7.45. The van der Waals surface area contributed by atoms with Gasteiger partial charge in [0.15, 0.2) is 0 Å². The maximum absolute atomic E-state index is 12.0. The van der Waals surface area contributed by atoms with Crippen LogP contribution in [0, 0.1) is 0 Å². The average Bonchev–Trinajstić information content (AvgIpc) is 2.43. The largest absolute Gasteiger partial charge is 0.481 e. The van der Waals surface area contributed by atoms with Crippen LogP contribution in [0.1, 0.15) is 51.3 Å². The second kappa shape index (κ2) is 7.29. The minimum absolute atomic E-state index is 0.0570. The summed E-state index contributed by atoms with van der Waals surface area (Å²) in [5.74, 6) is -0.912. The number of carboxylic acids is 1. The molecule has 2 amide bonds. The van der Waals surface area contributed by atoms with Crippen molar-refractivity contribution in [3.8, 4) is 0 Å². The molecule has 0 fully saturated rings. The molecule has 5 nitrogen and oxygen atoms in total. The number of nitrogens with zero attached hydrogens (tertiary/aromatic N) is 1. The fourth-order valence-corrected chi connectivity index (χ4v) is 2.02. The van der Waals surface area contributed by atoms with Gasteiger partial charge in [-0.2, -0.15) is 0 Å². The van der Waals surface area contributed by atoms with E-state index in [1.807, 2.05) is 19.1 Å². The van der Waals surface area contributed by atoms with Crippen molar-refractivity contribution < 1.29 is 14.7 Å². The summed E-state index contributed by atoms with van der Waals surface area (Å²) >= 11 is 0. The molecule has 0 aliphatic carbocycles. The van der Waals surface area contributed by atoms with Crippen LogP contribution < -0.4 is 5.32 Å². The van der Waals surface area contributed by atoms with Crippen LogP contribution in [0.5, 0.6) is 0 Å². The number of carbonyl (C=O) groups is 2. The smallest absolute Gasteiger partial charge is 0.317 e. The minimum Gasteiger partial charge on any atom is -0.481 e. The molecule has 5 heteroatoms. The number of aliphatic carboxylic acids is 1.